The Hall–Kier alpha value is -0.510. The van der Waals surface area contributed by atoms with Crippen molar-refractivity contribution in [1.29, 1.82) is 0 Å². The standard InChI is InChI=1S/C16H16Br2ClN/c1-11(14-5-3-4-6-16(14)19)20(2)13-8-7-12(10-17)15(18)9-13/h3-9,11H,10H2,1-2H3. The molecule has 0 fully saturated rings. The fourth-order valence-electron chi connectivity index (χ4n) is 2.11. The Morgan fingerprint density at radius 2 is 1.90 bits per heavy atom. The molecule has 2 aromatic carbocycles. The summed E-state index contributed by atoms with van der Waals surface area (Å²) in [5.74, 6) is 0. The maximum absolute atomic E-state index is 6.29. The minimum Gasteiger partial charge on any atom is -0.368 e. The van der Waals surface area contributed by atoms with E-state index in [-0.39, 0.29) is 6.04 Å². The first-order chi connectivity index (χ1) is 9.54. The number of alkyl halides is 1. The number of benzene rings is 2. The highest BCUT2D eigenvalue weighted by Crippen LogP contribution is 2.32. The first-order valence-electron chi connectivity index (χ1n) is 6.36. The van der Waals surface area contributed by atoms with Crippen LogP contribution in [0.5, 0.6) is 0 Å². The van der Waals surface area contributed by atoms with Crippen LogP contribution in [0.15, 0.2) is 46.9 Å². The summed E-state index contributed by atoms with van der Waals surface area (Å²) in [6.07, 6.45) is 0. The van der Waals surface area contributed by atoms with E-state index in [2.05, 4.69) is 75.0 Å². The summed E-state index contributed by atoms with van der Waals surface area (Å²) in [7, 11) is 2.09. The molecule has 1 atom stereocenters. The smallest absolute Gasteiger partial charge is 0.0525 e. The van der Waals surface area contributed by atoms with E-state index in [9.17, 15) is 0 Å². The second-order valence-electron chi connectivity index (χ2n) is 4.72. The summed E-state index contributed by atoms with van der Waals surface area (Å²) >= 11 is 13.4. The van der Waals surface area contributed by atoms with Crippen molar-refractivity contribution in [3.8, 4) is 0 Å². The Kier molecular flexibility index (Phi) is 5.53. The molecule has 0 aliphatic heterocycles. The fraction of sp³-hybridized carbons (Fsp3) is 0.250. The summed E-state index contributed by atoms with van der Waals surface area (Å²) in [6, 6.07) is 14.6. The van der Waals surface area contributed by atoms with Crippen molar-refractivity contribution >= 4 is 49.1 Å². The number of hydrogen-bond acceptors (Lipinski definition) is 1. The van der Waals surface area contributed by atoms with E-state index < -0.39 is 0 Å². The van der Waals surface area contributed by atoms with Gasteiger partial charge in [0.25, 0.3) is 0 Å². The summed E-state index contributed by atoms with van der Waals surface area (Å²) in [4.78, 5) is 2.23. The number of hydrogen-bond donors (Lipinski definition) is 0. The van der Waals surface area contributed by atoms with Crippen LogP contribution in [-0.4, -0.2) is 7.05 Å². The topological polar surface area (TPSA) is 3.24 Å². The molecule has 0 saturated carbocycles. The van der Waals surface area contributed by atoms with Gasteiger partial charge in [-0.2, -0.15) is 0 Å². The average molecular weight is 418 g/mol. The van der Waals surface area contributed by atoms with Gasteiger partial charge in [0.2, 0.25) is 0 Å². The van der Waals surface area contributed by atoms with Crippen LogP contribution in [0.4, 0.5) is 5.69 Å². The van der Waals surface area contributed by atoms with E-state index in [0.717, 1.165) is 26.1 Å². The van der Waals surface area contributed by atoms with Crippen molar-refractivity contribution in [1.82, 2.24) is 0 Å². The van der Waals surface area contributed by atoms with Crippen LogP contribution in [0, 0.1) is 0 Å². The highest BCUT2D eigenvalue weighted by molar-refractivity contribution is 9.10. The lowest BCUT2D eigenvalue weighted by Crippen LogP contribution is -2.21. The van der Waals surface area contributed by atoms with Crippen molar-refractivity contribution in [3.05, 3.63) is 63.1 Å². The minimum atomic E-state index is 0.213. The Bertz CT molecular complexity index is 601. The van der Waals surface area contributed by atoms with Crippen LogP contribution >= 0.6 is 43.5 Å². The van der Waals surface area contributed by atoms with Crippen molar-refractivity contribution < 1.29 is 0 Å². The van der Waals surface area contributed by atoms with Crippen LogP contribution in [0.2, 0.25) is 5.02 Å². The Balaban J connectivity index is 2.29. The highest BCUT2D eigenvalue weighted by Gasteiger charge is 2.15. The molecule has 0 N–H and O–H groups in total. The van der Waals surface area contributed by atoms with Gasteiger partial charge in [-0.25, -0.2) is 0 Å². The van der Waals surface area contributed by atoms with Crippen molar-refractivity contribution in [2.24, 2.45) is 0 Å². The minimum absolute atomic E-state index is 0.213. The summed E-state index contributed by atoms with van der Waals surface area (Å²) in [6.45, 7) is 2.16. The fourth-order valence-corrected chi connectivity index (χ4v) is 3.78. The lowest BCUT2D eigenvalue weighted by atomic mass is 10.1. The molecule has 0 radical (unpaired) electrons. The van der Waals surface area contributed by atoms with Gasteiger partial charge in [-0.05, 0) is 36.2 Å². The van der Waals surface area contributed by atoms with Crippen LogP contribution < -0.4 is 4.90 Å². The predicted molar refractivity (Wildman–Crippen MR) is 95.0 cm³/mol. The zero-order chi connectivity index (χ0) is 14.7. The van der Waals surface area contributed by atoms with Crippen molar-refractivity contribution in [2.45, 2.75) is 18.3 Å². The molecule has 106 valence electrons. The highest BCUT2D eigenvalue weighted by atomic mass is 79.9. The van der Waals surface area contributed by atoms with Gasteiger partial charge >= 0.3 is 0 Å². The SMILES string of the molecule is CC(c1ccccc1Cl)N(C)c1ccc(CBr)c(Br)c1. The third-order valence-electron chi connectivity index (χ3n) is 3.52. The molecule has 0 aliphatic rings. The summed E-state index contributed by atoms with van der Waals surface area (Å²) < 4.78 is 1.12. The molecule has 1 unspecified atom stereocenters. The average Bonchev–Trinajstić information content (AvgIpc) is 2.46. The first-order valence-corrected chi connectivity index (χ1v) is 8.65. The summed E-state index contributed by atoms with van der Waals surface area (Å²) in [5, 5.41) is 1.65. The third-order valence-corrected chi connectivity index (χ3v) is 5.21. The second-order valence-corrected chi connectivity index (χ2v) is 6.54. The van der Waals surface area contributed by atoms with E-state index in [1.165, 1.54) is 5.56 Å². The maximum Gasteiger partial charge on any atom is 0.0525 e. The van der Waals surface area contributed by atoms with Crippen LogP contribution in [0.1, 0.15) is 24.1 Å². The predicted octanol–water partition coefficient (Wildman–Crippen LogP) is 6.19. The summed E-state index contributed by atoms with van der Waals surface area (Å²) in [5.41, 5.74) is 3.54. The molecule has 0 aliphatic carbocycles. The van der Waals surface area contributed by atoms with Gasteiger partial charge in [0.05, 0.1) is 6.04 Å². The Labute approximate surface area is 142 Å². The molecule has 0 bridgehead atoms. The van der Waals surface area contributed by atoms with Gasteiger partial charge in [0.15, 0.2) is 0 Å². The molecule has 4 heteroatoms. The van der Waals surface area contributed by atoms with E-state index in [0.29, 0.717) is 0 Å². The lowest BCUT2D eigenvalue weighted by molar-refractivity contribution is 0.740. The van der Waals surface area contributed by atoms with Crippen LogP contribution in [0.3, 0.4) is 0 Å². The van der Waals surface area contributed by atoms with Gasteiger partial charge in [-0.15, -0.1) is 0 Å². The third kappa shape index (κ3) is 3.38. The van der Waals surface area contributed by atoms with Crippen molar-refractivity contribution in [2.75, 3.05) is 11.9 Å². The van der Waals surface area contributed by atoms with Gasteiger partial charge in [0, 0.05) is 27.6 Å². The molecular formula is C16H16Br2ClN. The Morgan fingerprint density at radius 3 is 2.50 bits per heavy atom. The van der Waals surface area contributed by atoms with Gasteiger partial charge in [-0.1, -0.05) is 67.7 Å². The molecular weight excluding hydrogens is 401 g/mol. The number of nitrogens with zero attached hydrogens (tertiary/aromatic N) is 1. The molecule has 1 nitrogen and oxygen atoms in total. The Morgan fingerprint density at radius 1 is 1.20 bits per heavy atom. The molecule has 0 amide bonds. The van der Waals surface area contributed by atoms with Crippen LogP contribution in [0.25, 0.3) is 0 Å². The number of anilines is 1. The molecule has 0 saturated heterocycles. The number of rotatable bonds is 4. The molecule has 2 rings (SSSR count). The van der Waals surface area contributed by atoms with Crippen molar-refractivity contribution in [3.63, 3.8) is 0 Å². The monoisotopic (exact) mass is 415 g/mol. The largest absolute Gasteiger partial charge is 0.368 e. The van der Waals surface area contributed by atoms with E-state index >= 15 is 0 Å². The van der Waals surface area contributed by atoms with Crippen LogP contribution in [-0.2, 0) is 5.33 Å². The second kappa shape index (κ2) is 6.97. The zero-order valence-electron chi connectivity index (χ0n) is 11.4. The van der Waals surface area contributed by atoms with Gasteiger partial charge in [-0.3, -0.25) is 0 Å². The van der Waals surface area contributed by atoms with Gasteiger partial charge in [0.1, 0.15) is 0 Å². The molecule has 2 aromatic rings. The van der Waals surface area contributed by atoms with E-state index in [1.807, 2.05) is 18.2 Å². The molecule has 0 spiro atoms. The normalized spacial score (nSPS) is 12.2. The molecule has 0 heterocycles. The molecule has 20 heavy (non-hydrogen) atoms. The lowest BCUT2D eigenvalue weighted by Gasteiger charge is -2.28. The van der Waals surface area contributed by atoms with E-state index in [4.69, 9.17) is 11.6 Å². The number of halogens is 3. The molecule has 0 aromatic heterocycles. The van der Waals surface area contributed by atoms with E-state index in [1.54, 1.807) is 0 Å². The zero-order valence-corrected chi connectivity index (χ0v) is 15.3. The maximum atomic E-state index is 6.29. The first kappa shape index (κ1) is 15.9. The van der Waals surface area contributed by atoms with Gasteiger partial charge < -0.3 is 4.90 Å². The quantitative estimate of drug-likeness (QED) is 0.536.